The fourth-order valence-electron chi connectivity index (χ4n) is 2.72. The molecule has 1 saturated heterocycles. The Morgan fingerprint density at radius 2 is 2.00 bits per heavy atom. The molecule has 0 radical (unpaired) electrons. The molecule has 1 fully saturated rings. The van der Waals surface area contributed by atoms with Crippen LogP contribution in [0, 0.1) is 6.92 Å². The van der Waals surface area contributed by atoms with Crippen molar-refractivity contribution in [3.63, 3.8) is 0 Å². The molecule has 0 aliphatic carbocycles. The molecule has 0 bridgehead atoms. The lowest BCUT2D eigenvalue weighted by Gasteiger charge is -2.30. The van der Waals surface area contributed by atoms with Gasteiger partial charge in [-0.1, -0.05) is 19.1 Å². The molecular weight excluding hydrogens is 234 g/mol. The second kappa shape index (κ2) is 5.17. The predicted octanol–water partition coefficient (Wildman–Crippen LogP) is 2.52. The van der Waals surface area contributed by atoms with Crippen LogP contribution in [0.3, 0.4) is 0 Å². The number of anilines is 1. The van der Waals surface area contributed by atoms with Crippen LogP contribution < -0.4 is 10.2 Å². The first-order chi connectivity index (χ1) is 9.28. The van der Waals surface area contributed by atoms with Crippen LogP contribution in [0.2, 0.25) is 0 Å². The molecule has 100 valence electrons. The van der Waals surface area contributed by atoms with E-state index in [0.29, 0.717) is 0 Å². The maximum Gasteiger partial charge on any atom is 0.132 e. The molecule has 3 nitrogen and oxygen atoms in total. The van der Waals surface area contributed by atoms with Gasteiger partial charge in [0.25, 0.3) is 0 Å². The van der Waals surface area contributed by atoms with Gasteiger partial charge in [0, 0.05) is 31.6 Å². The number of rotatable bonds is 2. The second-order valence-electron chi connectivity index (χ2n) is 5.26. The van der Waals surface area contributed by atoms with Crippen LogP contribution in [0.1, 0.15) is 18.1 Å². The summed E-state index contributed by atoms with van der Waals surface area (Å²) in [6.07, 6.45) is 1.04. The van der Waals surface area contributed by atoms with Crippen LogP contribution >= 0.6 is 0 Å². The summed E-state index contributed by atoms with van der Waals surface area (Å²) in [5, 5.41) is 4.65. The first kappa shape index (κ1) is 12.4. The van der Waals surface area contributed by atoms with Crippen molar-refractivity contribution in [1.82, 2.24) is 10.3 Å². The van der Waals surface area contributed by atoms with E-state index in [2.05, 4.69) is 48.3 Å². The molecule has 0 spiro atoms. The number of hydrogen-bond donors (Lipinski definition) is 1. The number of pyridine rings is 1. The van der Waals surface area contributed by atoms with Crippen LogP contribution in [0.4, 0.5) is 5.82 Å². The van der Waals surface area contributed by atoms with Crippen LogP contribution in [-0.2, 0) is 6.42 Å². The van der Waals surface area contributed by atoms with Crippen molar-refractivity contribution in [3.8, 4) is 0 Å². The van der Waals surface area contributed by atoms with Crippen molar-refractivity contribution < 1.29 is 0 Å². The molecule has 0 atom stereocenters. The van der Waals surface area contributed by atoms with Gasteiger partial charge in [-0.25, -0.2) is 4.98 Å². The van der Waals surface area contributed by atoms with E-state index in [-0.39, 0.29) is 0 Å². The number of nitrogens with zero attached hydrogens (tertiary/aromatic N) is 2. The number of nitrogens with one attached hydrogen (secondary N) is 1. The molecule has 1 aromatic heterocycles. The maximum absolute atomic E-state index is 4.93. The van der Waals surface area contributed by atoms with Gasteiger partial charge in [0.05, 0.1) is 5.52 Å². The lowest BCUT2D eigenvalue weighted by molar-refractivity contribution is 0.584. The first-order valence-electron chi connectivity index (χ1n) is 7.14. The molecule has 0 unspecified atom stereocenters. The minimum absolute atomic E-state index is 1.04. The number of fused-ring (bicyclic) bond motifs is 1. The van der Waals surface area contributed by atoms with Crippen LogP contribution in [0.5, 0.6) is 0 Å². The average molecular weight is 255 g/mol. The van der Waals surface area contributed by atoms with E-state index in [0.717, 1.165) is 38.1 Å². The van der Waals surface area contributed by atoms with Crippen LogP contribution in [-0.4, -0.2) is 31.2 Å². The van der Waals surface area contributed by atoms with Crippen LogP contribution in [0.25, 0.3) is 10.9 Å². The number of aromatic nitrogens is 1. The van der Waals surface area contributed by atoms with Crippen molar-refractivity contribution in [3.05, 3.63) is 35.4 Å². The average Bonchev–Trinajstić information content (AvgIpc) is 2.46. The molecule has 2 aromatic rings. The number of benzene rings is 1. The van der Waals surface area contributed by atoms with Gasteiger partial charge in [-0.2, -0.15) is 0 Å². The molecule has 3 heteroatoms. The van der Waals surface area contributed by atoms with E-state index in [9.17, 15) is 0 Å². The van der Waals surface area contributed by atoms with Crippen molar-refractivity contribution in [1.29, 1.82) is 0 Å². The molecule has 1 N–H and O–H groups in total. The molecule has 0 saturated carbocycles. The van der Waals surface area contributed by atoms with Crippen molar-refractivity contribution in [2.75, 3.05) is 31.1 Å². The molecular formula is C16H21N3. The highest BCUT2D eigenvalue weighted by Gasteiger charge is 2.15. The highest BCUT2D eigenvalue weighted by Crippen LogP contribution is 2.25. The third-order valence-electron chi connectivity index (χ3n) is 3.83. The first-order valence-corrected chi connectivity index (χ1v) is 7.14. The monoisotopic (exact) mass is 255 g/mol. The fraction of sp³-hybridized carbons (Fsp3) is 0.438. The van der Waals surface area contributed by atoms with Crippen molar-refractivity contribution in [2.45, 2.75) is 20.3 Å². The Bertz CT molecular complexity index is 586. The van der Waals surface area contributed by atoms with Gasteiger partial charge in [-0.3, -0.25) is 0 Å². The lowest BCUT2D eigenvalue weighted by atomic mass is 10.1. The summed E-state index contributed by atoms with van der Waals surface area (Å²) in [5.74, 6) is 1.18. The summed E-state index contributed by atoms with van der Waals surface area (Å²) in [4.78, 5) is 7.34. The summed E-state index contributed by atoms with van der Waals surface area (Å²) in [6, 6.07) is 8.83. The third-order valence-corrected chi connectivity index (χ3v) is 3.83. The van der Waals surface area contributed by atoms with Gasteiger partial charge >= 0.3 is 0 Å². The van der Waals surface area contributed by atoms with E-state index >= 15 is 0 Å². The minimum atomic E-state index is 1.04. The Labute approximate surface area is 114 Å². The Hall–Kier alpha value is -1.61. The Balaban J connectivity index is 2.10. The van der Waals surface area contributed by atoms with Gasteiger partial charge in [-0.15, -0.1) is 0 Å². The van der Waals surface area contributed by atoms with Gasteiger partial charge in [0.2, 0.25) is 0 Å². The molecule has 0 amide bonds. The predicted molar refractivity (Wildman–Crippen MR) is 80.9 cm³/mol. The summed E-state index contributed by atoms with van der Waals surface area (Å²) >= 11 is 0. The smallest absolute Gasteiger partial charge is 0.132 e. The van der Waals surface area contributed by atoms with Gasteiger partial charge in [0.1, 0.15) is 5.82 Å². The van der Waals surface area contributed by atoms with E-state index in [1.54, 1.807) is 0 Å². The summed E-state index contributed by atoms with van der Waals surface area (Å²) in [5.41, 5.74) is 3.75. The highest BCUT2D eigenvalue weighted by atomic mass is 15.2. The SMILES string of the molecule is CCc1cc2ccc(C)cc2nc1N1CCNCC1. The van der Waals surface area contributed by atoms with Gasteiger partial charge in [-0.05, 0) is 36.6 Å². The van der Waals surface area contributed by atoms with E-state index in [1.807, 2.05) is 0 Å². The topological polar surface area (TPSA) is 28.2 Å². The standard InChI is InChI=1S/C16H21N3/c1-3-13-11-14-5-4-12(2)10-15(14)18-16(13)19-8-6-17-7-9-19/h4-5,10-11,17H,3,6-9H2,1-2H3. The Morgan fingerprint density at radius 1 is 1.21 bits per heavy atom. The zero-order valence-corrected chi connectivity index (χ0v) is 11.7. The Kier molecular flexibility index (Phi) is 3.38. The van der Waals surface area contributed by atoms with Gasteiger partial charge in [0.15, 0.2) is 0 Å². The molecule has 1 aliphatic rings. The summed E-state index contributed by atoms with van der Waals surface area (Å²) < 4.78 is 0. The van der Waals surface area contributed by atoms with E-state index < -0.39 is 0 Å². The van der Waals surface area contributed by atoms with E-state index in [1.165, 1.54) is 22.3 Å². The second-order valence-corrected chi connectivity index (χ2v) is 5.26. The molecule has 1 aliphatic heterocycles. The summed E-state index contributed by atoms with van der Waals surface area (Å²) in [6.45, 7) is 8.55. The molecule has 19 heavy (non-hydrogen) atoms. The Morgan fingerprint density at radius 3 is 2.74 bits per heavy atom. The van der Waals surface area contributed by atoms with Crippen LogP contribution in [0.15, 0.2) is 24.3 Å². The number of hydrogen-bond acceptors (Lipinski definition) is 3. The summed E-state index contributed by atoms with van der Waals surface area (Å²) in [7, 11) is 0. The van der Waals surface area contributed by atoms with E-state index in [4.69, 9.17) is 4.98 Å². The number of piperazine rings is 1. The highest BCUT2D eigenvalue weighted by molar-refractivity contribution is 5.82. The normalized spacial score (nSPS) is 16.0. The van der Waals surface area contributed by atoms with Crippen molar-refractivity contribution in [2.24, 2.45) is 0 Å². The molecule has 1 aromatic carbocycles. The lowest BCUT2D eigenvalue weighted by Crippen LogP contribution is -2.44. The van der Waals surface area contributed by atoms with Gasteiger partial charge < -0.3 is 10.2 Å². The molecule has 3 rings (SSSR count). The van der Waals surface area contributed by atoms with Crippen molar-refractivity contribution >= 4 is 16.7 Å². The molecule has 2 heterocycles. The zero-order valence-electron chi connectivity index (χ0n) is 11.7. The quantitative estimate of drug-likeness (QED) is 0.893. The maximum atomic E-state index is 4.93. The zero-order chi connectivity index (χ0) is 13.2. The fourth-order valence-corrected chi connectivity index (χ4v) is 2.72. The number of aryl methyl sites for hydroxylation is 2. The minimum Gasteiger partial charge on any atom is -0.354 e. The largest absolute Gasteiger partial charge is 0.354 e. The third kappa shape index (κ3) is 2.43.